The highest BCUT2D eigenvalue weighted by molar-refractivity contribution is 5.67. The first-order chi connectivity index (χ1) is 8.76. The van der Waals surface area contributed by atoms with E-state index < -0.39 is 0 Å². The molecule has 0 amide bonds. The molecule has 3 nitrogen and oxygen atoms in total. The van der Waals surface area contributed by atoms with Crippen molar-refractivity contribution in [1.29, 1.82) is 0 Å². The van der Waals surface area contributed by atoms with Gasteiger partial charge in [-0.3, -0.25) is 0 Å². The van der Waals surface area contributed by atoms with Crippen molar-refractivity contribution < 1.29 is 0 Å². The molecule has 2 rings (SSSR count). The molecule has 0 saturated heterocycles. The molecule has 94 valence electrons. The molecule has 0 fully saturated rings. The second-order valence-electron chi connectivity index (χ2n) is 4.39. The zero-order chi connectivity index (χ0) is 13.0. The predicted octanol–water partition coefficient (Wildman–Crippen LogP) is 3.45. The topological polar surface area (TPSA) is 37.8 Å². The fourth-order valence-corrected chi connectivity index (χ4v) is 2.11. The van der Waals surface area contributed by atoms with Gasteiger partial charge in [-0.05, 0) is 18.9 Å². The second-order valence-corrected chi connectivity index (χ2v) is 4.39. The lowest BCUT2D eigenvalue weighted by molar-refractivity contribution is 0.922. The number of nitrogens with zero attached hydrogens (tertiary/aromatic N) is 2. The highest BCUT2D eigenvalue weighted by atomic mass is 15.0. The van der Waals surface area contributed by atoms with Crippen LogP contribution in [0.3, 0.4) is 0 Å². The first-order valence-corrected chi connectivity index (χ1v) is 6.35. The lowest BCUT2D eigenvalue weighted by Gasteiger charge is -2.09. The number of hydrogen-bond acceptors (Lipinski definition) is 3. The highest BCUT2D eigenvalue weighted by Gasteiger charge is 2.07. The molecule has 2 aromatic rings. The maximum absolute atomic E-state index is 4.38. The van der Waals surface area contributed by atoms with Gasteiger partial charge in [-0.1, -0.05) is 37.6 Å². The lowest BCUT2D eigenvalue weighted by Crippen LogP contribution is -1.99. The van der Waals surface area contributed by atoms with Crippen molar-refractivity contribution >= 4 is 5.82 Å². The number of aryl methyl sites for hydroxylation is 1. The lowest BCUT2D eigenvalue weighted by atomic mass is 10.0. The summed E-state index contributed by atoms with van der Waals surface area (Å²) >= 11 is 0. The molecule has 1 aromatic heterocycles. The Hall–Kier alpha value is -1.90. The van der Waals surface area contributed by atoms with Crippen molar-refractivity contribution in [3.63, 3.8) is 0 Å². The highest BCUT2D eigenvalue weighted by Crippen LogP contribution is 2.24. The summed E-state index contributed by atoms with van der Waals surface area (Å²) in [4.78, 5) is 8.59. The van der Waals surface area contributed by atoms with E-state index in [0.29, 0.717) is 0 Å². The normalized spacial score (nSPS) is 10.4. The van der Waals surface area contributed by atoms with Gasteiger partial charge >= 0.3 is 0 Å². The van der Waals surface area contributed by atoms with Gasteiger partial charge in [-0.2, -0.15) is 0 Å². The third kappa shape index (κ3) is 2.50. The fourth-order valence-electron chi connectivity index (χ4n) is 2.11. The molecule has 0 radical (unpaired) electrons. The Morgan fingerprint density at radius 3 is 2.44 bits per heavy atom. The van der Waals surface area contributed by atoms with Crippen LogP contribution in [0.4, 0.5) is 5.82 Å². The van der Waals surface area contributed by atoms with Crippen LogP contribution in [0.25, 0.3) is 11.3 Å². The standard InChI is InChI=1S/C15H19N3/c1-4-5-12-6-8-13(9-7-12)14-11(2)15(16-3)18-10-17-14/h6-10H,4-5H2,1-3H3,(H,16,17,18). The van der Waals surface area contributed by atoms with Crippen LogP contribution in [0.2, 0.25) is 0 Å². The summed E-state index contributed by atoms with van der Waals surface area (Å²) in [5.41, 5.74) is 4.61. The summed E-state index contributed by atoms with van der Waals surface area (Å²) in [5, 5.41) is 3.09. The Morgan fingerprint density at radius 2 is 1.83 bits per heavy atom. The number of aromatic nitrogens is 2. The average molecular weight is 241 g/mol. The van der Waals surface area contributed by atoms with E-state index in [1.807, 2.05) is 14.0 Å². The van der Waals surface area contributed by atoms with Gasteiger partial charge in [-0.25, -0.2) is 9.97 Å². The summed E-state index contributed by atoms with van der Waals surface area (Å²) in [6, 6.07) is 8.64. The Kier molecular flexibility index (Phi) is 3.92. The number of hydrogen-bond donors (Lipinski definition) is 1. The van der Waals surface area contributed by atoms with Gasteiger partial charge in [0.15, 0.2) is 0 Å². The molecule has 3 heteroatoms. The van der Waals surface area contributed by atoms with Gasteiger partial charge in [0.1, 0.15) is 12.1 Å². The van der Waals surface area contributed by atoms with Gasteiger partial charge in [0.2, 0.25) is 0 Å². The quantitative estimate of drug-likeness (QED) is 0.891. The van der Waals surface area contributed by atoms with Crippen LogP contribution in [0.5, 0.6) is 0 Å². The van der Waals surface area contributed by atoms with E-state index in [0.717, 1.165) is 29.1 Å². The van der Waals surface area contributed by atoms with E-state index in [1.165, 1.54) is 12.0 Å². The van der Waals surface area contributed by atoms with Crippen LogP contribution in [0, 0.1) is 6.92 Å². The van der Waals surface area contributed by atoms with E-state index in [9.17, 15) is 0 Å². The van der Waals surface area contributed by atoms with Crippen molar-refractivity contribution in [2.24, 2.45) is 0 Å². The number of rotatable bonds is 4. The third-order valence-corrected chi connectivity index (χ3v) is 3.09. The summed E-state index contributed by atoms with van der Waals surface area (Å²) in [5.74, 6) is 0.887. The zero-order valence-corrected chi connectivity index (χ0v) is 11.2. The molecule has 1 heterocycles. The van der Waals surface area contributed by atoms with Crippen molar-refractivity contribution in [2.75, 3.05) is 12.4 Å². The van der Waals surface area contributed by atoms with Crippen LogP contribution >= 0.6 is 0 Å². The summed E-state index contributed by atoms with van der Waals surface area (Å²) in [7, 11) is 1.88. The first kappa shape index (κ1) is 12.6. The molecule has 1 N–H and O–H groups in total. The molecule has 0 unspecified atom stereocenters. The fraction of sp³-hybridized carbons (Fsp3) is 0.333. The molecule has 1 aromatic carbocycles. The SMILES string of the molecule is CCCc1ccc(-c2ncnc(NC)c2C)cc1. The van der Waals surface area contributed by atoms with Crippen molar-refractivity contribution in [1.82, 2.24) is 9.97 Å². The third-order valence-electron chi connectivity index (χ3n) is 3.09. The summed E-state index contributed by atoms with van der Waals surface area (Å²) in [6.45, 7) is 4.24. The maximum Gasteiger partial charge on any atom is 0.132 e. The number of benzene rings is 1. The molecule has 0 bridgehead atoms. The molecule has 0 atom stereocenters. The number of anilines is 1. The molecular formula is C15H19N3. The number of nitrogens with one attached hydrogen (secondary N) is 1. The molecule has 0 saturated carbocycles. The minimum atomic E-state index is 0.887. The van der Waals surface area contributed by atoms with E-state index >= 15 is 0 Å². The first-order valence-electron chi connectivity index (χ1n) is 6.35. The Morgan fingerprint density at radius 1 is 1.11 bits per heavy atom. The van der Waals surface area contributed by atoms with Crippen LogP contribution in [-0.2, 0) is 6.42 Å². The molecule has 18 heavy (non-hydrogen) atoms. The second kappa shape index (κ2) is 5.63. The van der Waals surface area contributed by atoms with Crippen LogP contribution in [-0.4, -0.2) is 17.0 Å². The zero-order valence-electron chi connectivity index (χ0n) is 11.2. The molecular weight excluding hydrogens is 222 g/mol. The minimum absolute atomic E-state index is 0.887. The van der Waals surface area contributed by atoms with Crippen LogP contribution in [0.15, 0.2) is 30.6 Å². The predicted molar refractivity (Wildman–Crippen MR) is 75.7 cm³/mol. The van der Waals surface area contributed by atoms with Gasteiger partial charge in [0.25, 0.3) is 0 Å². The Balaban J connectivity index is 2.36. The minimum Gasteiger partial charge on any atom is -0.373 e. The van der Waals surface area contributed by atoms with E-state index in [1.54, 1.807) is 6.33 Å². The van der Waals surface area contributed by atoms with Crippen LogP contribution < -0.4 is 5.32 Å². The van der Waals surface area contributed by atoms with Gasteiger partial charge < -0.3 is 5.32 Å². The summed E-state index contributed by atoms with van der Waals surface area (Å²) < 4.78 is 0. The van der Waals surface area contributed by atoms with E-state index in [4.69, 9.17) is 0 Å². The molecule has 0 aliphatic carbocycles. The maximum atomic E-state index is 4.38. The monoisotopic (exact) mass is 241 g/mol. The Bertz CT molecular complexity index is 518. The average Bonchev–Trinajstić information content (AvgIpc) is 2.41. The van der Waals surface area contributed by atoms with Gasteiger partial charge in [0.05, 0.1) is 5.69 Å². The van der Waals surface area contributed by atoms with E-state index in [-0.39, 0.29) is 0 Å². The largest absolute Gasteiger partial charge is 0.373 e. The Labute approximate surface area is 108 Å². The molecule has 0 aliphatic rings. The van der Waals surface area contributed by atoms with Crippen molar-refractivity contribution in [2.45, 2.75) is 26.7 Å². The molecule has 0 spiro atoms. The smallest absolute Gasteiger partial charge is 0.132 e. The van der Waals surface area contributed by atoms with E-state index in [2.05, 4.69) is 46.5 Å². The molecule has 0 aliphatic heterocycles. The van der Waals surface area contributed by atoms with Crippen LogP contribution in [0.1, 0.15) is 24.5 Å². The van der Waals surface area contributed by atoms with Gasteiger partial charge in [-0.15, -0.1) is 0 Å². The van der Waals surface area contributed by atoms with Crippen molar-refractivity contribution in [3.8, 4) is 11.3 Å². The van der Waals surface area contributed by atoms with Gasteiger partial charge in [0, 0.05) is 18.2 Å². The summed E-state index contributed by atoms with van der Waals surface area (Å²) in [6.07, 6.45) is 3.91. The van der Waals surface area contributed by atoms with Crippen molar-refractivity contribution in [3.05, 3.63) is 41.7 Å².